The molecule has 0 aromatic carbocycles. The molecule has 1 spiro atoms. The summed E-state index contributed by atoms with van der Waals surface area (Å²) in [4.78, 5) is 0. The molecule has 0 radical (unpaired) electrons. The lowest BCUT2D eigenvalue weighted by Gasteiger charge is -2.48. The van der Waals surface area contributed by atoms with Crippen LogP contribution in [0.15, 0.2) is 0 Å². The highest BCUT2D eigenvalue weighted by atomic mass is 32.2. The molecule has 2 heterocycles. The zero-order chi connectivity index (χ0) is 5.61. The predicted molar refractivity (Wildman–Crippen MR) is 33.2 cm³/mol. The maximum Gasteiger partial charge on any atom is 0.0715 e. The van der Waals surface area contributed by atoms with E-state index in [9.17, 15) is 4.21 Å². The maximum absolute atomic E-state index is 10.9. The van der Waals surface area contributed by atoms with Gasteiger partial charge in [0.2, 0.25) is 0 Å². The van der Waals surface area contributed by atoms with Crippen LogP contribution in [0.2, 0.25) is 0 Å². The number of rotatable bonds is 0. The van der Waals surface area contributed by atoms with Crippen LogP contribution in [0.3, 0.4) is 0 Å². The van der Waals surface area contributed by atoms with Gasteiger partial charge in [-0.2, -0.15) is 0 Å². The monoisotopic (exact) mass is 131 g/mol. The Morgan fingerprint density at radius 2 is 2.25 bits per heavy atom. The van der Waals surface area contributed by atoms with Gasteiger partial charge in [-0.05, 0) is 6.42 Å². The van der Waals surface area contributed by atoms with Crippen molar-refractivity contribution in [2.75, 3.05) is 18.8 Å². The van der Waals surface area contributed by atoms with Crippen molar-refractivity contribution >= 4 is 10.8 Å². The van der Waals surface area contributed by atoms with Crippen LogP contribution in [0.25, 0.3) is 0 Å². The smallest absolute Gasteiger partial charge is 0.0715 e. The SMILES string of the molecule is O=S1CCC12CNC2. The molecule has 2 fully saturated rings. The van der Waals surface area contributed by atoms with Gasteiger partial charge >= 0.3 is 0 Å². The molecule has 0 saturated carbocycles. The Bertz CT molecular complexity index is 136. The van der Waals surface area contributed by atoms with E-state index in [4.69, 9.17) is 0 Å². The summed E-state index contributed by atoms with van der Waals surface area (Å²) in [6.07, 6.45) is 1.19. The van der Waals surface area contributed by atoms with E-state index in [1.165, 1.54) is 6.42 Å². The van der Waals surface area contributed by atoms with Gasteiger partial charge < -0.3 is 5.32 Å². The largest absolute Gasteiger partial charge is 0.314 e. The van der Waals surface area contributed by atoms with Crippen LogP contribution in [-0.2, 0) is 10.8 Å². The van der Waals surface area contributed by atoms with E-state index in [-0.39, 0.29) is 4.75 Å². The minimum absolute atomic E-state index is 0.264. The van der Waals surface area contributed by atoms with Gasteiger partial charge in [-0.3, -0.25) is 4.21 Å². The van der Waals surface area contributed by atoms with Crippen molar-refractivity contribution in [1.82, 2.24) is 5.32 Å². The molecule has 46 valence electrons. The molecule has 3 heteroatoms. The first-order valence-corrected chi connectivity index (χ1v) is 4.25. The third-order valence-electron chi connectivity index (χ3n) is 2.12. The van der Waals surface area contributed by atoms with Gasteiger partial charge in [0.25, 0.3) is 0 Å². The van der Waals surface area contributed by atoms with Gasteiger partial charge in [-0.1, -0.05) is 0 Å². The van der Waals surface area contributed by atoms with Gasteiger partial charge in [-0.15, -0.1) is 0 Å². The van der Waals surface area contributed by atoms with E-state index in [1.54, 1.807) is 0 Å². The highest BCUT2D eigenvalue weighted by Crippen LogP contribution is 2.33. The van der Waals surface area contributed by atoms with Crippen molar-refractivity contribution in [3.8, 4) is 0 Å². The molecule has 0 aliphatic carbocycles. The number of nitrogens with one attached hydrogen (secondary N) is 1. The first kappa shape index (κ1) is 4.94. The topological polar surface area (TPSA) is 29.1 Å². The molecule has 1 atom stereocenters. The third kappa shape index (κ3) is 0.395. The molecular weight excluding hydrogens is 122 g/mol. The fourth-order valence-corrected chi connectivity index (χ4v) is 2.69. The first-order chi connectivity index (χ1) is 3.83. The summed E-state index contributed by atoms with van der Waals surface area (Å²) in [5, 5.41) is 3.14. The Kier molecular flexibility index (Phi) is 0.823. The number of hydrogen-bond acceptors (Lipinski definition) is 2. The zero-order valence-electron chi connectivity index (χ0n) is 4.64. The lowest BCUT2D eigenvalue weighted by atomic mass is 9.98. The molecule has 2 saturated heterocycles. The summed E-state index contributed by atoms with van der Waals surface area (Å²) in [7, 11) is -0.471. The normalized spacial score (nSPS) is 40.8. The van der Waals surface area contributed by atoms with Crippen molar-refractivity contribution in [2.45, 2.75) is 11.2 Å². The fraction of sp³-hybridized carbons (Fsp3) is 1.00. The molecular formula is C5H9NOS. The molecule has 0 bridgehead atoms. The van der Waals surface area contributed by atoms with Crippen LogP contribution in [0.1, 0.15) is 6.42 Å². The molecule has 0 amide bonds. The first-order valence-electron chi connectivity index (χ1n) is 2.93. The molecule has 2 nitrogen and oxygen atoms in total. The van der Waals surface area contributed by atoms with Gasteiger partial charge in [-0.25, -0.2) is 0 Å². The van der Waals surface area contributed by atoms with E-state index >= 15 is 0 Å². The van der Waals surface area contributed by atoms with Crippen molar-refractivity contribution in [2.24, 2.45) is 0 Å². The second-order valence-corrected chi connectivity index (χ2v) is 4.55. The van der Waals surface area contributed by atoms with E-state index in [0.29, 0.717) is 0 Å². The summed E-state index contributed by atoms with van der Waals surface area (Å²) in [5.74, 6) is 0.946. The van der Waals surface area contributed by atoms with Crippen LogP contribution in [-0.4, -0.2) is 27.8 Å². The van der Waals surface area contributed by atoms with Crippen LogP contribution in [0, 0.1) is 0 Å². The lowest BCUT2D eigenvalue weighted by molar-refractivity contribution is 0.347. The van der Waals surface area contributed by atoms with Gasteiger partial charge in [0.15, 0.2) is 0 Å². The van der Waals surface area contributed by atoms with Crippen LogP contribution in [0.5, 0.6) is 0 Å². The van der Waals surface area contributed by atoms with Crippen molar-refractivity contribution in [1.29, 1.82) is 0 Å². The van der Waals surface area contributed by atoms with Gasteiger partial charge in [0.05, 0.1) is 4.75 Å². The molecule has 8 heavy (non-hydrogen) atoms. The summed E-state index contributed by atoms with van der Waals surface area (Å²) >= 11 is 0. The minimum atomic E-state index is -0.471. The van der Waals surface area contributed by atoms with Crippen molar-refractivity contribution in [3.63, 3.8) is 0 Å². The molecule has 0 aromatic heterocycles. The van der Waals surface area contributed by atoms with E-state index in [0.717, 1.165) is 18.8 Å². The second-order valence-electron chi connectivity index (χ2n) is 2.59. The van der Waals surface area contributed by atoms with Crippen LogP contribution in [0.4, 0.5) is 0 Å². The fourth-order valence-electron chi connectivity index (χ4n) is 1.22. The Morgan fingerprint density at radius 1 is 1.50 bits per heavy atom. The maximum atomic E-state index is 10.9. The van der Waals surface area contributed by atoms with Gasteiger partial charge in [0, 0.05) is 29.6 Å². The number of hydrogen-bond donors (Lipinski definition) is 1. The third-order valence-corrected chi connectivity index (χ3v) is 4.15. The van der Waals surface area contributed by atoms with E-state index in [1.807, 2.05) is 0 Å². The van der Waals surface area contributed by atoms with Gasteiger partial charge in [0.1, 0.15) is 0 Å². The van der Waals surface area contributed by atoms with Crippen molar-refractivity contribution in [3.05, 3.63) is 0 Å². The van der Waals surface area contributed by atoms with Crippen molar-refractivity contribution < 1.29 is 4.21 Å². The predicted octanol–water partition coefficient (Wildman–Crippen LogP) is -0.519. The highest BCUT2D eigenvalue weighted by Gasteiger charge is 2.49. The average Bonchev–Trinajstić information content (AvgIpc) is 1.58. The quantitative estimate of drug-likeness (QED) is 0.479. The molecule has 1 unspecified atom stereocenters. The Hall–Kier alpha value is 0.110. The molecule has 2 aliphatic rings. The van der Waals surface area contributed by atoms with E-state index < -0.39 is 10.8 Å². The Labute approximate surface area is 51.1 Å². The minimum Gasteiger partial charge on any atom is -0.314 e. The molecule has 1 N–H and O–H groups in total. The molecule has 2 aliphatic heterocycles. The summed E-state index contributed by atoms with van der Waals surface area (Å²) in [6.45, 7) is 2.00. The summed E-state index contributed by atoms with van der Waals surface area (Å²) < 4.78 is 11.2. The zero-order valence-corrected chi connectivity index (χ0v) is 5.46. The average molecular weight is 131 g/mol. The highest BCUT2D eigenvalue weighted by molar-refractivity contribution is 7.88. The van der Waals surface area contributed by atoms with Crippen LogP contribution >= 0.6 is 0 Å². The van der Waals surface area contributed by atoms with Crippen LogP contribution < -0.4 is 5.32 Å². The van der Waals surface area contributed by atoms with E-state index in [2.05, 4.69) is 5.32 Å². The Morgan fingerprint density at radius 3 is 2.25 bits per heavy atom. The second kappa shape index (κ2) is 1.33. The summed E-state index contributed by atoms with van der Waals surface area (Å²) in [6, 6.07) is 0. The standard InChI is InChI=1S/C5H9NOS/c7-8-2-1-5(8)3-6-4-5/h6H,1-4H2. The summed E-state index contributed by atoms with van der Waals surface area (Å²) in [5.41, 5.74) is 0. The lowest BCUT2D eigenvalue weighted by Crippen LogP contribution is -2.68. The molecule has 2 rings (SSSR count). The molecule has 0 aromatic rings. The Balaban J connectivity index is 2.14.